The topological polar surface area (TPSA) is 83.8 Å². The summed E-state index contributed by atoms with van der Waals surface area (Å²) in [6.07, 6.45) is 0. The van der Waals surface area contributed by atoms with Gasteiger partial charge in [-0.1, -0.05) is 11.8 Å². The minimum Gasteiger partial charge on any atom is -0.870 e. The first-order valence-electron chi connectivity index (χ1n) is 4.07. The smallest absolute Gasteiger partial charge is 0.335 e. The third kappa shape index (κ3) is 1.77. The maximum Gasteiger partial charge on any atom is 0.335 e. The standard InChI is InChI=1S/C9H11NO4/c1-2-10(14)7-5-3-4-6(8(7)11)9(12)13/h3-5,11,14H,2H2,1H3,(H,12,13)/p-1. The van der Waals surface area contributed by atoms with Gasteiger partial charge in [-0.05, 0) is 19.1 Å². The normalized spacial score (nSPS) is 9.86. The lowest BCUT2D eigenvalue weighted by Gasteiger charge is -2.22. The van der Waals surface area contributed by atoms with Crippen LogP contribution in [0.15, 0.2) is 18.2 Å². The van der Waals surface area contributed by atoms with Crippen LogP contribution in [0.1, 0.15) is 17.3 Å². The Morgan fingerprint density at radius 2 is 2.21 bits per heavy atom. The quantitative estimate of drug-likeness (QED) is 0.694. The molecule has 0 aliphatic heterocycles. The number of rotatable bonds is 3. The molecule has 0 aromatic heterocycles. The summed E-state index contributed by atoms with van der Waals surface area (Å²) in [4.78, 5) is 10.6. The number of hydrogen-bond acceptors (Lipinski definition) is 4. The molecule has 0 heterocycles. The summed E-state index contributed by atoms with van der Waals surface area (Å²) in [5.41, 5.74) is -0.359. The number of carboxylic acid groups (broad SMARTS) is 1. The fraction of sp³-hybridized carbons (Fsp3) is 0.222. The molecule has 14 heavy (non-hydrogen) atoms. The van der Waals surface area contributed by atoms with Crippen LogP contribution in [-0.4, -0.2) is 22.8 Å². The molecule has 5 nitrogen and oxygen atoms in total. The van der Waals surface area contributed by atoms with E-state index in [2.05, 4.69) is 0 Å². The summed E-state index contributed by atoms with van der Waals surface area (Å²) in [7, 11) is 0. The fourth-order valence-electron chi connectivity index (χ4n) is 1.07. The highest BCUT2D eigenvalue weighted by molar-refractivity contribution is 5.92. The van der Waals surface area contributed by atoms with Crippen LogP contribution in [0.25, 0.3) is 0 Å². The van der Waals surface area contributed by atoms with Crippen LogP contribution in [0.5, 0.6) is 5.75 Å². The highest BCUT2D eigenvalue weighted by Gasteiger charge is 2.08. The molecule has 0 radical (unpaired) electrons. The molecular formula is C9H10NO4-. The first-order valence-corrected chi connectivity index (χ1v) is 4.07. The summed E-state index contributed by atoms with van der Waals surface area (Å²) in [6, 6.07) is 4.00. The number of hydroxylamine groups is 1. The molecule has 0 aliphatic rings. The molecule has 0 spiro atoms. The monoisotopic (exact) mass is 196 g/mol. The lowest BCUT2D eigenvalue weighted by Crippen LogP contribution is -2.19. The summed E-state index contributed by atoms with van der Waals surface area (Å²) >= 11 is 0. The Morgan fingerprint density at radius 1 is 1.57 bits per heavy atom. The lowest BCUT2D eigenvalue weighted by molar-refractivity contribution is -0.268. The van der Waals surface area contributed by atoms with Gasteiger partial charge >= 0.3 is 5.97 Å². The molecule has 76 valence electrons. The third-order valence-corrected chi connectivity index (χ3v) is 1.80. The zero-order valence-corrected chi connectivity index (χ0v) is 7.60. The molecule has 1 aromatic rings. The van der Waals surface area contributed by atoms with Crippen LogP contribution in [0.3, 0.4) is 0 Å². The molecule has 0 fully saturated rings. The fourth-order valence-corrected chi connectivity index (χ4v) is 1.07. The van der Waals surface area contributed by atoms with Gasteiger partial charge in [-0.2, -0.15) is 0 Å². The van der Waals surface area contributed by atoms with Gasteiger partial charge in [0.05, 0.1) is 11.3 Å². The maximum atomic E-state index is 11.4. The van der Waals surface area contributed by atoms with Crippen LogP contribution >= 0.6 is 0 Å². The van der Waals surface area contributed by atoms with Crippen molar-refractivity contribution in [3.05, 3.63) is 23.8 Å². The van der Waals surface area contributed by atoms with Crippen molar-refractivity contribution in [2.45, 2.75) is 6.92 Å². The van der Waals surface area contributed by atoms with E-state index >= 15 is 0 Å². The Morgan fingerprint density at radius 3 is 2.71 bits per heavy atom. The van der Waals surface area contributed by atoms with Crippen LogP contribution in [0.4, 0.5) is 5.69 Å². The second-order valence-corrected chi connectivity index (χ2v) is 2.67. The molecule has 0 amide bonds. The maximum absolute atomic E-state index is 11.4. The van der Waals surface area contributed by atoms with Gasteiger partial charge in [0.1, 0.15) is 0 Å². The van der Waals surface area contributed by atoms with E-state index in [4.69, 9.17) is 5.11 Å². The van der Waals surface area contributed by atoms with E-state index in [1.807, 2.05) is 0 Å². The van der Waals surface area contributed by atoms with Gasteiger partial charge in [-0.15, -0.1) is 0 Å². The number of aromatic carboxylic acids is 1. The number of carbonyl (C=O) groups is 1. The van der Waals surface area contributed by atoms with Gasteiger partial charge in [0.2, 0.25) is 0 Å². The molecule has 0 bridgehead atoms. The van der Waals surface area contributed by atoms with E-state index in [1.165, 1.54) is 18.2 Å². The molecule has 1 rings (SSSR count). The van der Waals surface area contributed by atoms with Crippen molar-refractivity contribution < 1.29 is 20.2 Å². The molecule has 1 aromatic carbocycles. The second-order valence-electron chi connectivity index (χ2n) is 2.67. The van der Waals surface area contributed by atoms with Crippen molar-refractivity contribution in [2.24, 2.45) is 0 Å². The number of para-hydroxylation sites is 1. The number of anilines is 1. The highest BCUT2D eigenvalue weighted by Crippen LogP contribution is 2.26. The zero-order chi connectivity index (χ0) is 10.7. The van der Waals surface area contributed by atoms with Crippen molar-refractivity contribution in [1.29, 1.82) is 0 Å². The van der Waals surface area contributed by atoms with Crippen molar-refractivity contribution in [2.75, 3.05) is 11.6 Å². The molecular weight excluding hydrogens is 186 g/mol. The van der Waals surface area contributed by atoms with E-state index in [1.54, 1.807) is 6.92 Å². The Hall–Kier alpha value is -1.75. The number of benzene rings is 1. The summed E-state index contributed by atoms with van der Waals surface area (Å²) in [6.45, 7) is 1.87. The molecule has 0 saturated heterocycles. The van der Waals surface area contributed by atoms with Gasteiger partial charge in [0.25, 0.3) is 0 Å². The first kappa shape index (κ1) is 10.3. The van der Waals surface area contributed by atoms with Crippen LogP contribution in [0.2, 0.25) is 0 Å². The highest BCUT2D eigenvalue weighted by atomic mass is 16.5. The Bertz CT molecular complexity index is 351. The average Bonchev–Trinajstić information content (AvgIpc) is 2.16. The van der Waals surface area contributed by atoms with Crippen molar-refractivity contribution in [3.63, 3.8) is 0 Å². The van der Waals surface area contributed by atoms with Gasteiger partial charge in [0.15, 0.2) is 0 Å². The predicted octanol–water partition coefficient (Wildman–Crippen LogP) is 0.674. The van der Waals surface area contributed by atoms with E-state index in [9.17, 15) is 15.1 Å². The van der Waals surface area contributed by atoms with Gasteiger partial charge in [-0.25, -0.2) is 4.79 Å². The second kappa shape index (κ2) is 3.97. The largest absolute Gasteiger partial charge is 0.870 e. The molecule has 0 atom stereocenters. The van der Waals surface area contributed by atoms with Crippen molar-refractivity contribution in [1.82, 2.24) is 0 Å². The van der Waals surface area contributed by atoms with Gasteiger partial charge in [-0.3, -0.25) is 10.3 Å². The molecule has 0 aliphatic carbocycles. The predicted molar refractivity (Wildman–Crippen MR) is 47.7 cm³/mol. The van der Waals surface area contributed by atoms with Crippen LogP contribution in [-0.2, 0) is 0 Å². The Balaban J connectivity index is 3.20. The first-order chi connectivity index (χ1) is 6.57. The third-order valence-electron chi connectivity index (χ3n) is 1.80. The molecule has 0 unspecified atom stereocenters. The zero-order valence-electron chi connectivity index (χ0n) is 7.60. The Labute approximate surface area is 80.8 Å². The number of nitrogens with zero attached hydrogens (tertiary/aromatic N) is 1. The van der Waals surface area contributed by atoms with E-state index in [0.717, 1.165) is 5.06 Å². The molecule has 0 saturated carbocycles. The van der Waals surface area contributed by atoms with E-state index in [0.29, 0.717) is 0 Å². The number of carboxylic acids is 1. The van der Waals surface area contributed by atoms with Gasteiger partial charge in [0, 0.05) is 6.54 Å². The van der Waals surface area contributed by atoms with Crippen molar-refractivity contribution >= 4 is 11.7 Å². The minimum atomic E-state index is -1.29. The van der Waals surface area contributed by atoms with Crippen LogP contribution < -0.4 is 10.2 Å². The summed E-state index contributed by atoms with van der Waals surface area (Å²) in [5.74, 6) is -1.97. The van der Waals surface area contributed by atoms with Crippen LogP contribution in [0, 0.1) is 0 Å². The molecule has 5 heteroatoms. The lowest BCUT2D eigenvalue weighted by atomic mass is 10.1. The minimum absolute atomic E-state index is 0.0209. The summed E-state index contributed by atoms with van der Waals surface area (Å²) in [5, 5.41) is 30.0. The van der Waals surface area contributed by atoms with Crippen molar-refractivity contribution in [3.8, 4) is 5.75 Å². The Kier molecular flexibility index (Phi) is 2.93. The SMILES string of the molecule is CCN(O)c1cccc(C(=O)O)c1[O-]. The van der Waals surface area contributed by atoms with Gasteiger partial charge < -0.3 is 10.2 Å². The average molecular weight is 196 g/mol. The summed E-state index contributed by atoms with van der Waals surface area (Å²) < 4.78 is 0. The van der Waals surface area contributed by atoms with E-state index in [-0.39, 0.29) is 17.8 Å². The molecule has 2 N–H and O–H groups in total. The number of hydrogen-bond donors (Lipinski definition) is 2. The van der Waals surface area contributed by atoms with E-state index < -0.39 is 11.7 Å².